The Bertz CT molecular complexity index is 653. The van der Waals surface area contributed by atoms with E-state index in [1.807, 2.05) is 24.0 Å². The second kappa shape index (κ2) is 7.53. The van der Waals surface area contributed by atoms with Gasteiger partial charge in [-0.15, -0.1) is 0 Å². The average Bonchev–Trinajstić information content (AvgIpc) is 3.26. The first-order valence-electron chi connectivity index (χ1n) is 8.30. The number of imidazole rings is 1. The molecule has 7 heteroatoms. The van der Waals surface area contributed by atoms with Crippen molar-refractivity contribution in [1.29, 1.82) is 0 Å². The minimum absolute atomic E-state index is 0.0183. The zero-order chi connectivity index (χ0) is 16.9. The molecule has 2 N–H and O–H groups in total. The van der Waals surface area contributed by atoms with Crippen LogP contribution in [0.15, 0.2) is 28.9 Å². The van der Waals surface area contributed by atoms with Gasteiger partial charge in [-0.25, -0.2) is 9.78 Å². The van der Waals surface area contributed by atoms with Gasteiger partial charge >= 0.3 is 6.03 Å². The zero-order valence-electron chi connectivity index (χ0n) is 14.1. The molecule has 24 heavy (non-hydrogen) atoms. The molecular weight excluding hydrogens is 308 g/mol. The molecule has 0 aromatic carbocycles. The number of rotatable bonds is 5. The van der Waals surface area contributed by atoms with E-state index in [-0.39, 0.29) is 18.1 Å². The van der Waals surface area contributed by atoms with Crippen LogP contribution in [-0.2, 0) is 4.74 Å². The number of carbonyl (C=O) groups excluding carboxylic acids is 1. The van der Waals surface area contributed by atoms with Crippen molar-refractivity contribution in [1.82, 2.24) is 20.2 Å². The summed E-state index contributed by atoms with van der Waals surface area (Å²) in [6.45, 7) is 2.96. The molecule has 3 rings (SSSR count). The first-order chi connectivity index (χ1) is 11.7. The molecule has 130 valence electrons. The average molecular weight is 332 g/mol. The minimum atomic E-state index is -0.310. The van der Waals surface area contributed by atoms with Crippen molar-refractivity contribution in [3.05, 3.63) is 41.9 Å². The van der Waals surface area contributed by atoms with Gasteiger partial charge in [0.1, 0.15) is 23.4 Å². The summed E-state index contributed by atoms with van der Waals surface area (Å²) in [4.78, 5) is 22.2. The standard InChI is InChI=1S/C17H24N4O3/c1-12-6-7-15(24-12)13(11-23-2)20-17(22)21-10-4-3-5-14(21)16-18-8-9-19-16/h6-9,13-14H,3-5,10-11H2,1-2H3,(H,18,19)(H,20,22). The lowest BCUT2D eigenvalue weighted by Crippen LogP contribution is -2.46. The van der Waals surface area contributed by atoms with Gasteiger partial charge in [0.2, 0.25) is 0 Å². The second-order valence-corrected chi connectivity index (χ2v) is 6.09. The maximum atomic E-state index is 12.8. The van der Waals surface area contributed by atoms with E-state index in [1.54, 1.807) is 19.5 Å². The highest BCUT2D eigenvalue weighted by molar-refractivity contribution is 5.75. The molecule has 0 aliphatic carbocycles. The van der Waals surface area contributed by atoms with Crippen molar-refractivity contribution < 1.29 is 13.9 Å². The Labute approximate surface area is 141 Å². The Morgan fingerprint density at radius 3 is 3.08 bits per heavy atom. The van der Waals surface area contributed by atoms with Crippen molar-refractivity contribution in [3.8, 4) is 0 Å². The fourth-order valence-corrected chi connectivity index (χ4v) is 3.15. The van der Waals surface area contributed by atoms with E-state index in [1.165, 1.54) is 0 Å². The Morgan fingerprint density at radius 2 is 2.42 bits per heavy atom. The summed E-state index contributed by atoms with van der Waals surface area (Å²) in [6, 6.07) is 3.31. The van der Waals surface area contributed by atoms with Crippen LogP contribution >= 0.6 is 0 Å². The molecule has 0 radical (unpaired) electrons. The van der Waals surface area contributed by atoms with Crippen molar-refractivity contribution in [2.45, 2.75) is 38.3 Å². The molecule has 2 unspecified atom stereocenters. The van der Waals surface area contributed by atoms with Gasteiger partial charge in [-0.1, -0.05) is 0 Å². The third kappa shape index (κ3) is 3.62. The van der Waals surface area contributed by atoms with Crippen LogP contribution in [0.3, 0.4) is 0 Å². The van der Waals surface area contributed by atoms with E-state index in [9.17, 15) is 4.79 Å². The summed E-state index contributed by atoms with van der Waals surface area (Å²) in [6.07, 6.45) is 6.52. The van der Waals surface area contributed by atoms with Gasteiger partial charge in [0.05, 0.1) is 12.6 Å². The SMILES string of the molecule is COCC(NC(=O)N1CCCCC1c1ncc[nH]1)c1ccc(C)o1. The van der Waals surface area contributed by atoms with E-state index in [4.69, 9.17) is 9.15 Å². The van der Waals surface area contributed by atoms with Crippen LogP contribution in [0.4, 0.5) is 4.79 Å². The van der Waals surface area contributed by atoms with Crippen LogP contribution in [0.5, 0.6) is 0 Å². The number of urea groups is 1. The molecule has 0 bridgehead atoms. The fraction of sp³-hybridized carbons (Fsp3) is 0.529. The van der Waals surface area contributed by atoms with Gasteiger partial charge in [-0.3, -0.25) is 0 Å². The van der Waals surface area contributed by atoms with E-state index in [0.717, 1.165) is 30.8 Å². The molecule has 1 fully saturated rings. The summed E-state index contributed by atoms with van der Waals surface area (Å²) in [5.74, 6) is 2.35. The minimum Gasteiger partial charge on any atom is -0.464 e. The molecule has 2 amide bonds. The lowest BCUT2D eigenvalue weighted by molar-refractivity contribution is 0.125. The molecule has 2 atom stereocenters. The summed E-state index contributed by atoms with van der Waals surface area (Å²) in [5, 5.41) is 3.04. The second-order valence-electron chi connectivity index (χ2n) is 6.09. The van der Waals surface area contributed by atoms with E-state index < -0.39 is 0 Å². The number of hydrogen-bond donors (Lipinski definition) is 2. The van der Waals surface area contributed by atoms with Gasteiger partial charge in [0.25, 0.3) is 0 Å². The monoisotopic (exact) mass is 332 g/mol. The smallest absolute Gasteiger partial charge is 0.318 e. The number of piperidine rings is 1. The van der Waals surface area contributed by atoms with Crippen molar-refractivity contribution in [2.24, 2.45) is 0 Å². The van der Waals surface area contributed by atoms with Gasteiger partial charge < -0.3 is 24.4 Å². The number of nitrogens with zero attached hydrogens (tertiary/aromatic N) is 2. The van der Waals surface area contributed by atoms with Crippen LogP contribution in [-0.4, -0.2) is 41.2 Å². The van der Waals surface area contributed by atoms with E-state index in [2.05, 4.69) is 15.3 Å². The summed E-state index contributed by atoms with van der Waals surface area (Å²) in [7, 11) is 1.61. The molecule has 0 spiro atoms. The van der Waals surface area contributed by atoms with Crippen LogP contribution in [0.25, 0.3) is 0 Å². The third-order valence-corrected chi connectivity index (χ3v) is 4.33. The van der Waals surface area contributed by atoms with E-state index in [0.29, 0.717) is 18.9 Å². The lowest BCUT2D eigenvalue weighted by atomic mass is 10.0. The number of aryl methyl sites for hydroxylation is 1. The lowest BCUT2D eigenvalue weighted by Gasteiger charge is -2.35. The number of aromatic amines is 1. The zero-order valence-corrected chi connectivity index (χ0v) is 14.1. The molecule has 1 aliphatic rings. The largest absolute Gasteiger partial charge is 0.464 e. The van der Waals surface area contributed by atoms with E-state index >= 15 is 0 Å². The first kappa shape index (κ1) is 16.6. The topological polar surface area (TPSA) is 83.4 Å². The predicted molar refractivity (Wildman–Crippen MR) is 88.5 cm³/mol. The molecule has 3 heterocycles. The number of methoxy groups -OCH3 is 1. The highest BCUT2D eigenvalue weighted by atomic mass is 16.5. The number of hydrogen-bond acceptors (Lipinski definition) is 4. The molecule has 7 nitrogen and oxygen atoms in total. The summed E-state index contributed by atoms with van der Waals surface area (Å²) < 4.78 is 10.9. The number of H-pyrrole nitrogens is 1. The highest BCUT2D eigenvalue weighted by Crippen LogP contribution is 2.29. The maximum absolute atomic E-state index is 12.8. The Balaban J connectivity index is 1.73. The van der Waals surface area contributed by atoms with Crippen LogP contribution < -0.4 is 5.32 Å². The number of aromatic nitrogens is 2. The quantitative estimate of drug-likeness (QED) is 0.882. The van der Waals surface area contributed by atoms with Crippen LogP contribution in [0.1, 0.15) is 48.7 Å². The normalized spacial score (nSPS) is 19.2. The third-order valence-electron chi connectivity index (χ3n) is 4.33. The number of amides is 2. The summed E-state index contributed by atoms with van der Waals surface area (Å²) in [5.41, 5.74) is 0. The maximum Gasteiger partial charge on any atom is 0.318 e. The van der Waals surface area contributed by atoms with Gasteiger partial charge in [0, 0.05) is 26.0 Å². The van der Waals surface area contributed by atoms with Crippen molar-refractivity contribution in [2.75, 3.05) is 20.3 Å². The van der Waals surface area contributed by atoms with Crippen LogP contribution in [0.2, 0.25) is 0 Å². The highest BCUT2D eigenvalue weighted by Gasteiger charge is 2.31. The fourth-order valence-electron chi connectivity index (χ4n) is 3.15. The molecule has 2 aromatic heterocycles. The van der Waals surface area contributed by atoms with Gasteiger partial charge in [-0.05, 0) is 38.3 Å². The molecule has 1 saturated heterocycles. The number of furan rings is 1. The first-order valence-corrected chi connectivity index (χ1v) is 8.30. The molecule has 2 aromatic rings. The number of likely N-dealkylation sites (tertiary alicyclic amines) is 1. The number of nitrogens with one attached hydrogen (secondary N) is 2. The van der Waals surface area contributed by atoms with Crippen molar-refractivity contribution >= 4 is 6.03 Å². The number of ether oxygens (including phenoxy) is 1. The Hall–Kier alpha value is -2.28. The molecular formula is C17H24N4O3. The Morgan fingerprint density at radius 1 is 1.54 bits per heavy atom. The van der Waals surface area contributed by atoms with Gasteiger partial charge in [-0.2, -0.15) is 0 Å². The molecule has 1 aliphatic heterocycles. The molecule has 0 saturated carbocycles. The summed E-state index contributed by atoms with van der Waals surface area (Å²) >= 11 is 0. The van der Waals surface area contributed by atoms with Gasteiger partial charge in [0.15, 0.2) is 0 Å². The van der Waals surface area contributed by atoms with Crippen LogP contribution in [0, 0.1) is 6.92 Å². The predicted octanol–water partition coefficient (Wildman–Crippen LogP) is 2.94. The Kier molecular flexibility index (Phi) is 5.20. The number of carbonyl (C=O) groups is 1. The van der Waals surface area contributed by atoms with Crippen molar-refractivity contribution in [3.63, 3.8) is 0 Å².